The van der Waals surface area contributed by atoms with Crippen molar-refractivity contribution in [1.82, 2.24) is 15.3 Å². The zero-order valence-corrected chi connectivity index (χ0v) is 19.1. The predicted molar refractivity (Wildman–Crippen MR) is 118 cm³/mol. The molecule has 2 aromatic rings. The van der Waals surface area contributed by atoms with Crippen LogP contribution in [0.15, 0.2) is 35.2 Å². The summed E-state index contributed by atoms with van der Waals surface area (Å²) in [7, 11) is -3.91. The molecule has 0 aliphatic carbocycles. The van der Waals surface area contributed by atoms with Crippen molar-refractivity contribution >= 4 is 27.4 Å². The molecule has 2 heterocycles. The molecule has 5 atom stereocenters. The number of nitrogens with zero attached hydrogens (tertiary/aromatic N) is 2. The summed E-state index contributed by atoms with van der Waals surface area (Å²) in [6, 6.07) is 6.16. The van der Waals surface area contributed by atoms with E-state index in [1.165, 1.54) is 37.3 Å². The Morgan fingerprint density at radius 3 is 2.36 bits per heavy atom. The first kappa shape index (κ1) is 24.8. The number of sulfonamides is 1. The van der Waals surface area contributed by atoms with Gasteiger partial charge in [-0.25, -0.2) is 18.4 Å². The van der Waals surface area contributed by atoms with E-state index >= 15 is 0 Å². The van der Waals surface area contributed by atoms with Crippen LogP contribution in [0.25, 0.3) is 0 Å². The number of rotatable bonds is 7. The van der Waals surface area contributed by atoms with Crippen molar-refractivity contribution < 1.29 is 33.3 Å². The molecule has 1 aromatic heterocycles. The monoisotopic (exact) mass is 481 g/mol. The molecule has 1 fully saturated rings. The summed E-state index contributed by atoms with van der Waals surface area (Å²) >= 11 is 0. The van der Waals surface area contributed by atoms with E-state index in [2.05, 4.69) is 25.3 Å². The second-order valence-corrected chi connectivity index (χ2v) is 9.38. The fourth-order valence-electron chi connectivity index (χ4n) is 3.50. The molecule has 0 radical (unpaired) electrons. The number of hydrogen-bond acceptors (Lipinski definition) is 10. The molecule has 3 rings (SSSR count). The molecule has 0 spiro atoms. The van der Waals surface area contributed by atoms with Crippen LogP contribution >= 0.6 is 0 Å². The Bertz CT molecular complexity index is 1080. The largest absolute Gasteiger partial charge is 0.394 e. The summed E-state index contributed by atoms with van der Waals surface area (Å²) in [6.45, 7) is 4.09. The molecule has 0 bridgehead atoms. The minimum atomic E-state index is -3.91. The number of ether oxygens (including phenoxy) is 1. The van der Waals surface area contributed by atoms with Crippen LogP contribution in [0.1, 0.15) is 18.4 Å². The number of benzene rings is 1. The third-order valence-electron chi connectivity index (χ3n) is 4.97. The van der Waals surface area contributed by atoms with E-state index in [4.69, 9.17) is 4.74 Å². The molecule has 33 heavy (non-hydrogen) atoms. The zero-order chi connectivity index (χ0) is 24.3. The Morgan fingerprint density at radius 1 is 1.12 bits per heavy atom. The van der Waals surface area contributed by atoms with E-state index in [9.17, 15) is 28.5 Å². The van der Waals surface area contributed by atoms with Crippen LogP contribution in [0.5, 0.6) is 0 Å². The number of aryl methyl sites for hydroxylation is 2. The SMILES string of the molecule is CC(=O)N[C@H]1[C@H](O)[C@H](O)[C@H](CO)O[C@H]1Nc1ccc(S(=O)(=O)Nc2cc(C)nc(C)n2)cc1. The lowest BCUT2D eigenvalue weighted by Crippen LogP contribution is -2.65. The summed E-state index contributed by atoms with van der Waals surface area (Å²) in [5.74, 6) is 0.132. The van der Waals surface area contributed by atoms with Gasteiger partial charge < -0.3 is 30.7 Å². The molecule has 6 N–H and O–H groups in total. The highest BCUT2D eigenvalue weighted by Gasteiger charge is 2.44. The third kappa shape index (κ3) is 5.94. The molecule has 12 nitrogen and oxygen atoms in total. The van der Waals surface area contributed by atoms with E-state index in [1.807, 2.05) is 0 Å². The normalized spacial score (nSPS) is 25.3. The molecule has 1 aromatic carbocycles. The number of amides is 1. The lowest BCUT2D eigenvalue weighted by atomic mass is 9.96. The number of nitrogens with one attached hydrogen (secondary N) is 3. The van der Waals surface area contributed by atoms with Gasteiger partial charge in [-0.1, -0.05) is 0 Å². The molecule has 1 saturated heterocycles. The summed E-state index contributed by atoms with van der Waals surface area (Å²) < 4.78 is 33.4. The first-order valence-corrected chi connectivity index (χ1v) is 11.6. The first-order valence-electron chi connectivity index (χ1n) is 10.1. The maximum absolute atomic E-state index is 12.7. The number of anilines is 2. The van der Waals surface area contributed by atoms with Gasteiger partial charge >= 0.3 is 0 Å². The predicted octanol–water partition coefficient (Wildman–Crippen LogP) is -0.750. The summed E-state index contributed by atoms with van der Waals surface area (Å²) in [4.78, 5) is 19.7. The minimum absolute atomic E-state index is 0.0198. The molecular formula is C20H27N5O7S. The highest BCUT2D eigenvalue weighted by molar-refractivity contribution is 7.92. The molecule has 0 unspecified atom stereocenters. The van der Waals surface area contributed by atoms with Crippen LogP contribution < -0.4 is 15.4 Å². The molecule has 1 aliphatic heterocycles. The average Bonchev–Trinajstić information content (AvgIpc) is 2.72. The summed E-state index contributed by atoms with van der Waals surface area (Å²) in [6.07, 6.45) is -4.89. The number of aliphatic hydroxyl groups excluding tert-OH is 3. The van der Waals surface area contributed by atoms with Gasteiger partial charge in [0.25, 0.3) is 10.0 Å². The van der Waals surface area contributed by atoms with E-state index in [-0.39, 0.29) is 10.7 Å². The smallest absolute Gasteiger partial charge is 0.263 e. The van der Waals surface area contributed by atoms with Gasteiger partial charge in [-0.2, -0.15) is 0 Å². The third-order valence-corrected chi connectivity index (χ3v) is 6.35. The van der Waals surface area contributed by atoms with E-state index in [0.29, 0.717) is 17.2 Å². The van der Waals surface area contributed by atoms with E-state index < -0.39 is 53.1 Å². The van der Waals surface area contributed by atoms with Crippen molar-refractivity contribution in [3.05, 3.63) is 41.9 Å². The maximum Gasteiger partial charge on any atom is 0.263 e. The zero-order valence-electron chi connectivity index (χ0n) is 18.3. The Balaban J connectivity index is 1.77. The molecule has 13 heteroatoms. The average molecular weight is 482 g/mol. The minimum Gasteiger partial charge on any atom is -0.394 e. The van der Waals surface area contributed by atoms with Gasteiger partial charge in [0.05, 0.1) is 11.5 Å². The second-order valence-electron chi connectivity index (χ2n) is 7.70. The van der Waals surface area contributed by atoms with Gasteiger partial charge in [0.2, 0.25) is 5.91 Å². The molecule has 0 saturated carbocycles. The van der Waals surface area contributed by atoms with Gasteiger partial charge in [-0.3, -0.25) is 9.52 Å². The number of carbonyl (C=O) groups is 1. The van der Waals surface area contributed by atoms with Crippen molar-refractivity contribution in [3.8, 4) is 0 Å². The number of hydrogen-bond donors (Lipinski definition) is 6. The van der Waals surface area contributed by atoms with Gasteiger partial charge in [0, 0.05) is 24.4 Å². The Kier molecular flexibility index (Phi) is 7.49. The van der Waals surface area contributed by atoms with Crippen LogP contribution in [0.3, 0.4) is 0 Å². The molecule has 1 aliphatic rings. The fraction of sp³-hybridized carbons (Fsp3) is 0.450. The lowest BCUT2D eigenvalue weighted by Gasteiger charge is -2.43. The topological polar surface area (TPSA) is 183 Å². The van der Waals surface area contributed by atoms with E-state index in [1.54, 1.807) is 13.8 Å². The molecule has 1 amide bonds. The second kappa shape index (κ2) is 9.97. The fourth-order valence-corrected chi connectivity index (χ4v) is 4.49. The first-order chi connectivity index (χ1) is 15.5. The van der Waals surface area contributed by atoms with Crippen LogP contribution in [-0.4, -0.2) is 76.8 Å². The van der Waals surface area contributed by atoms with Crippen molar-refractivity contribution in [2.45, 2.75) is 56.2 Å². The maximum atomic E-state index is 12.7. The molecular weight excluding hydrogens is 454 g/mol. The summed E-state index contributed by atoms with van der Waals surface area (Å²) in [5, 5.41) is 35.3. The standard InChI is InChI=1S/C20H27N5O7S/c1-10-8-16(22-11(2)21-10)25-33(30,31)14-6-4-13(5-7-14)24-20-17(23-12(3)27)19(29)18(28)15(9-26)32-20/h4-8,15,17-20,24,26,28-29H,9H2,1-3H3,(H,23,27)(H,21,22,25)/t15-,17-,18+,19-,20+/m0/s1. The quantitative estimate of drug-likeness (QED) is 0.294. The van der Waals surface area contributed by atoms with Gasteiger partial charge in [0.15, 0.2) is 6.23 Å². The van der Waals surface area contributed by atoms with Gasteiger partial charge in [0.1, 0.15) is 36.0 Å². The van der Waals surface area contributed by atoms with E-state index in [0.717, 1.165) is 0 Å². The van der Waals surface area contributed by atoms with Crippen molar-refractivity contribution in [1.29, 1.82) is 0 Å². The van der Waals surface area contributed by atoms with Gasteiger partial charge in [-0.15, -0.1) is 0 Å². The Morgan fingerprint density at radius 2 is 1.79 bits per heavy atom. The van der Waals surface area contributed by atoms with Crippen LogP contribution in [0, 0.1) is 13.8 Å². The molecule has 180 valence electrons. The number of aliphatic hydroxyl groups is 3. The van der Waals surface area contributed by atoms with Crippen LogP contribution in [-0.2, 0) is 19.6 Å². The summed E-state index contributed by atoms with van der Waals surface area (Å²) in [5.41, 5.74) is 1.04. The van der Waals surface area contributed by atoms with Crippen LogP contribution in [0.2, 0.25) is 0 Å². The number of carbonyl (C=O) groups excluding carboxylic acids is 1. The Labute approximate surface area is 191 Å². The lowest BCUT2D eigenvalue weighted by molar-refractivity contribution is -0.188. The van der Waals surface area contributed by atoms with Crippen molar-refractivity contribution in [2.24, 2.45) is 0 Å². The highest BCUT2D eigenvalue weighted by atomic mass is 32.2. The van der Waals surface area contributed by atoms with Crippen molar-refractivity contribution in [2.75, 3.05) is 16.6 Å². The van der Waals surface area contributed by atoms with Crippen LogP contribution in [0.4, 0.5) is 11.5 Å². The number of aromatic nitrogens is 2. The Hall–Kier alpha value is -2.84. The highest BCUT2D eigenvalue weighted by Crippen LogP contribution is 2.24. The van der Waals surface area contributed by atoms with Crippen molar-refractivity contribution in [3.63, 3.8) is 0 Å². The van der Waals surface area contributed by atoms with Gasteiger partial charge in [-0.05, 0) is 38.1 Å².